The number of nitrogens with zero attached hydrogens (tertiary/aromatic N) is 3. The molecule has 1 aromatic heterocycles. The van der Waals surface area contributed by atoms with Gasteiger partial charge >= 0.3 is 0 Å². The minimum Gasteiger partial charge on any atom is -0.360 e. The zero-order valence-electron chi connectivity index (χ0n) is 10.4. The van der Waals surface area contributed by atoms with E-state index in [1.807, 2.05) is 0 Å². The van der Waals surface area contributed by atoms with Crippen molar-refractivity contribution in [2.45, 2.75) is 19.8 Å². The molecule has 0 spiro atoms. The molecule has 4 heteroatoms. The molecule has 90 valence electrons. The Hall–Kier alpha value is -1.71. The van der Waals surface area contributed by atoms with E-state index in [-0.39, 0.29) is 0 Å². The molecular formula is C13H18N4. The van der Waals surface area contributed by atoms with Gasteiger partial charge in [-0.05, 0) is 31.4 Å². The SMILES string of the molecule is Cc1ccc2c(n1)N(C1=CN(C)CN1)CCC2. The first-order valence-electron chi connectivity index (χ1n) is 6.14. The average Bonchev–Trinajstić information content (AvgIpc) is 2.75. The molecule has 0 radical (unpaired) electrons. The van der Waals surface area contributed by atoms with Gasteiger partial charge in [-0.1, -0.05) is 6.07 Å². The van der Waals surface area contributed by atoms with E-state index in [9.17, 15) is 0 Å². The average molecular weight is 230 g/mol. The number of hydrogen-bond acceptors (Lipinski definition) is 4. The zero-order chi connectivity index (χ0) is 11.8. The van der Waals surface area contributed by atoms with Crippen molar-refractivity contribution < 1.29 is 0 Å². The molecule has 17 heavy (non-hydrogen) atoms. The highest BCUT2D eigenvalue weighted by atomic mass is 15.4. The van der Waals surface area contributed by atoms with Crippen LogP contribution in [0.5, 0.6) is 0 Å². The van der Waals surface area contributed by atoms with Gasteiger partial charge in [0.2, 0.25) is 0 Å². The quantitative estimate of drug-likeness (QED) is 0.791. The summed E-state index contributed by atoms with van der Waals surface area (Å²) in [7, 11) is 2.08. The van der Waals surface area contributed by atoms with Gasteiger partial charge in [-0.2, -0.15) is 0 Å². The van der Waals surface area contributed by atoms with Gasteiger partial charge in [-0.15, -0.1) is 0 Å². The normalized spacial score (nSPS) is 18.8. The minimum atomic E-state index is 0.882. The molecule has 0 aromatic carbocycles. The highest BCUT2D eigenvalue weighted by Gasteiger charge is 2.23. The van der Waals surface area contributed by atoms with E-state index < -0.39 is 0 Å². The number of anilines is 1. The van der Waals surface area contributed by atoms with Crippen LogP contribution in [0.15, 0.2) is 24.2 Å². The molecule has 0 saturated heterocycles. The first kappa shape index (κ1) is 10.4. The molecular weight excluding hydrogens is 212 g/mol. The van der Waals surface area contributed by atoms with Crippen LogP contribution in [0.25, 0.3) is 0 Å². The first-order valence-corrected chi connectivity index (χ1v) is 6.14. The van der Waals surface area contributed by atoms with Gasteiger partial charge < -0.3 is 15.1 Å². The van der Waals surface area contributed by atoms with Crippen molar-refractivity contribution >= 4 is 5.82 Å². The summed E-state index contributed by atoms with van der Waals surface area (Å²) in [6.45, 7) is 3.98. The van der Waals surface area contributed by atoms with Crippen LogP contribution in [0.4, 0.5) is 5.82 Å². The van der Waals surface area contributed by atoms with E-state index in [1.54, 1.807) is 0 Å². The summed E-state index contributed by atoms with van der Waals surface area (Å²) in [5.74, 6) is 2.30. The van der Waals surface area contributed by atoms with Gasteiger partial charge in [0.05, 0.1) is 6.67 Å². The molecule has 3 rings (SSSR count). The molecule has 0 bridgehead atoms. The highest BCUT2D eigenvalue weighted by molar-refractivity contribution is 5.54. The number of rotatable bonds is 1. The van der Waals surface area contributed by atoms with Crippen molar-refractivity contribution in [1.82, 2.24) is 15.2 Å². The fraction of sp³-hybridized carbons (Fsp3) is 0.462. The molecule has 2 aliphatic rings. The summed E-state index contributed by atoms with van der Waals surface area (Å²) in [5.41, 5.74) is 2.45. The molecule has 0 atom stereocenters. The number of aromatic nitrogens is 1. The third kappa shape index (κ3) is 1.84. The predicted octanol–water partition coefficient (Wildman–Crippen LogP) is 1.43. The van der Waals surface area contributed by atoms with E-state index in [0.29, 0.717) is 0 Å². The number of nitrogens with one attached hydrogen (secondary N) is 1. The molecule has 0 saturated carbocycles. The van der Waals surface area contributed by atoms with E-state index in [4.69, 9.17) is 4.98 Å². The molecule has 0 fully saturated rings. The number of hydrogen-bond donors (Lipinski definition) is 1. The summed E-state index contributed by atoms with van der Waals surface area (Å²) in [4.78, 5) is 9.14. The molecule has 1 aromatic rings. The fourth-order valence-corrected chi connectivity index (χ4v) is 2.44. The van der Waals surface area contributed by atoms with Crippen LogP contribution in [0.1, 0.15) is 17.7 Å². The molecule has 0 amide bonds. The van der Waals surface area contributed by atoms with E-state index >= 15 is 0 Å². The monoisotopic (exact) mass is 230 g/mol. The Morgan fingerprint density at radius 1 is 1.35 bits per heavy atom. The number of fused-ring (bicyclic) bond motifs is 1. The van der Waals surface area contributed by atoms with Crippen LogP contribution in [0.3, 0.4) is 0 Å². The second-order valence-corrected chi connectivity index (χ2v) is 4.80. The van der Waals surface area contributed by atoms with Gasteiger partial charge in [-0.3, -0.25) is 0 Å². The van der Waals surface area contributed by atoms with Crippen molar-refractivity contribution in [2.75, 3.05) is 25.2 Å². The summed E-state index contributed by atoms with van der Waals surface area (Å²) >= 11 is 0. The molecule has 4 nitrogen and oxygen atoms in total. The fourth-order valence-electron chi connectivity index (χ4n) is 2.44. The topological polar surface area (TPSA) is 31.4 Å². The van der Waals surface area contributed by atoms with E-state index in [1.165, 1.54) is 17.8 Å². The first-order chi connectivity index (χ1) is 8.24. The molecule has 3 heterocycles. The van der Waals surface area contributed by atoms with Crippen molar-refractivity contribution in [3.8, 4) is 0 Å². The summed E-state index contributed by atoms with van der Waals surface area (Å²) in [6, 6.07) is 4.31. The molecule has 1 N–H and O–H groups in total. The maximum absolute atomic E-state index is 4.69. The van der Waals surface area contributed by atoms with Crippen molar-refractivity contribution in [3.63, 3.8) is 0 Å². The number of pyridine rings is 1. The van der Waals surface area contributed by atoms with E-state index in [2.05, 4.69) is 47.4 Å². The highest BCUT2D eigenvalue weighted by Crippen LogP contribution is 2.28. The second kappa shape index (κ2) is 3.95. The molecule has 0 unspecified atom stereocenters. The standard InChI is InChI=1S/C13H18N4/c1-10-5-6-11-4-3-7-17(13(11)15-10)12-8-16(2)9-14-12/h5-6,8,14H,3-4,7,9H2,1-2H3. The lowest BCUT2D eigenvalue weighted by Gasteiger charge is -2.30. The lowest BCUT2D eigenvalue weighted by molar-refractivity contribution is 0.472. The summed E-state index contributed by atoms with van der Waals surface area (Å²) < 4.78 is 0. The van der Waals surface area contributed by atoms with Crippen LogP contribution >= 0.6 is 0 Å². The Morgan fingerprint density at radius 3 is 3.00 bits per heavy atom. The van der Waals surface area contributed by atoms with Gasteiger partial charge in [0.1, 0.15) is 11.6 Å². The Balaban J connectivity index is 1.99. The Labute approximate surface area is 102 Å². The van der Waals surface area contributed by atoms with Crippen LogP contribution in [0.2, 0.25) is 0 Å². The van der Waals surface area contributed by atoms with Crippen LogP contribution in [-0.4, -0.2) is 30.1 Å². The maximum Gasteiger partial charge on any atom is 0.137 e. The van der Waals surface area contributed by atoms with Gasteiger partial charge in [0, 0.05) is 25.5 Å². The van der Waals surface area contributed by atoms with Crippen LogP contribution in [0, 0.1) is 6.92 Å². The Morgan fingerprint density at radius 2 is 2.24 bits per heavy atom. The zero-order valence-corrected chi connectivity index (χ0v) is 10.4. The maximum atomic E-state index is 4.69. The smallest absolute Gasteiger partial charge is 0.137 e. The van der Waals surface area contributed by atoms with Crippen molar-refractivity contribution in [1.29, 1.82) is 0 Å². The van der Waals surface area contributed by atoms with Crippen molar-refractivity contribution in [3.05, 3.63) is 35.4 Å². The third-order valence-corrected chi connectivity index (χ3v) is 3.32. The second-order valence-electron chi connectivity index (χ2n) is 4.80. The Bertz CT molecular complexity index is 466. The lowest BCUT2D eigenvalue weighted by Crippen LogP contribution is -2.34. The summed E-state index contributed by atoms with van der Waals surface area (Å²) in [6.07, 6.45) is 4.49. The predicted molar refractivity (Wildman–Crippen MR) is 68.5 cm³/mol. The number of aryl methyl sites for hydroxylation is 2. The van der Waals surface area contributed by atoms with Gasteiger partial charge in [0.25, 0.3) is 0 Å². The third-order valence-electron chi connectivity index (χ3n) is 3.32. The lowest BCUT2D eigenvalue weighted by atomic mass is 10.1. The van der Waals surface area contributed by atoms with Gasteiger partial charge in [0.15, 0.2) is 0 Å². The minimum absolute atomic E-state index is 0.882. The molecule has 2 aliphatic heterocycles. The van der Waals surface area contributed by atoms with Gasteiger partial charge in [-0.25, -0.2) is 4.98 Å². The van der Waals surface area contributed by atoms with Crippen molar-refractivity contribution in [2.24, 2.45) is 0 Å². The van der Waals surface area contributed by atoms with Crippen LogP contribution < -0.4 is 10.2 Å². The summed E-state index contributed by atoms with van der Waals surface area (Å²) in [5, 5.41) is 3.41. The Kier molecular flexibility index (Phi) is 2.42. The van der Waals surface area contributed by atoms with E-state index in [0.717, 1.165) is 31.1 Å². The van der Waals surface area contributed by atoms with Crippen LogP contribution in [-0.2, 0) is 6.42 Å². The molecule has 0 aliphatic carbocycles. The largest absolute Gasteiger partial charge is 0.360 e.